The lowest BCUT2D eigenvalue weighted by molar-refractivity contribution is -0.120. The smallest absolute Gasteiger partial charge is 0.231 e. The number of aryl methyl sites for hydroxylation is 1. The number of hydrogen-bond acceptors (Lipinski definition) is 4. The number of anilines is 1. The summed E-state index contributed by atoms with van der Waals surface area (Å²) in [5.41, 5.74) is 1.95. The summed E-state index contributed by atoms with van der Waals surface area (Å²) >= 11 is 0. The number of ether oxygens (including phenoxy) is 1. The van der Waals surface area contributed by atoms with Crippen LogP contribution in [0.4, 0.5) is 5.69 Å². The van der Waals surface area contributed by atoms with Crippen molar-refractivity contribution >= 4 is 11.6 Å². The van der Waals surface area contributed by atoms with Gasteiger partial charge in [0.15, 0.2) is 0 Å². The average Bonchev–Trinajstić information content (AvgIpc) is 2.94. The lowest BCUT2D eigenvalue weighted by atomic mass is 10.0. The first-order chi connectivity index (χ1) is 10.2. The lowest BCUT2D eigenvalue weighted by Crippen LogP contribution is -2.41. The third-order valence-corrected chi connectivity index (χ3v) is 3.72. The molecule has 1 aromatic rings. The Bertz CT molecular complexity index is 551. The van der Waals surface area contributed by atoms with Gasteiger partial charge in [-0.15, -0.1) is 0 Å². The average molecular weight is 287 g/mol. The summed E-state index contributed by atoms with van der Waals surface area (Å²) in [5, 5.41) is 15.4. The molecule has 1 saturated heterocycles. The van der Waals surface area contributed by atoms with E-state index in [0.717, 1.165) is 18.5 Å². The molecule has 0 spiro atoms. The second-order valence-corrected chi connectivity index (χ2v) is 5.30. The highest BCUT2D eigenvalue weighted by Crippen LogP contribution is 2.21. The van der Waals surface area contributed by atoms with Gasteiger partial charge in [0, 0.05) is 6.04 Å². The van der Waals surface area contributed by atoms with Crippen LogP contribution in [0.1, 0.15) is 24.5 Å². The Morgan fingerprint density at radius 1 is 1.48 bits per heavy atom. The zero-order valence-electron chi connectivity index (χ0n) is 12.5. The van der Waals surface area contributed by atoms with Crippen molar-refractivity contribution in [1.82, 2.24) is 5.32 Å². The largest absolute Gasteiger partial charge is 0.379 e. The molecular weight excluding hydrogens is 266 g/mol. The number of hydrogen-bond donors (Lipinski definition) is 2. The van der Waals surface area contributed by atoms with E-state index >= 15 is 0 Å². The number of carbonyl (C=O) groups excluding carboxylic acids is 1. The molecule has 0 aromatic heterocycles. The van der Waals surface area contributed by atoms with Gasteiger partial charge in [-0.1, -0.05) is 19.1 Å². The SMILES string of the molecule is CCCNC1COCC1C(=O)Nc1cccc(C)c1C#N. The second kappa shape index (κ2) is 7.21. The fraction of sp³-hybridized carbons (Fsp3) is 0.500. The van der Waals surface area contributed by atoms with E-state index in [-0.39, 0.29) is 17.9 Å². The van der Waals surface area contributed by atoms with Gasteiger partial charge in [-0.2, -0.15) is 5.26 Å². The summed E-state index contributed by atoms with van der Waals surface area (Å²) in [5.74, 6) is -0.313. The highest BCUT2D eigenvalue weighted by molar-refractivity contribution is 5.94. The van der Waals surface area contributed by atoms with Crippen LogP contribution in [-0.4, -0.2) is 31.7 Å². The molecule has 112 valence electrons. The maximum atomic E-state index is 12.4. The van der Waals surface area contributed by atoms with Gasteiger partial charge in [-0.3, -0.25) is 4.79 Å². The normalized spacial score (nSPS) is 21.0. The molecule has 1 aliphatic rings. The van der Waals surface area contributed by atoms with Crippen LogP contribution in [0.2, 0.25) is 0 Å². The molecule has 0 aliphatic carbocycles. The molecular formula is C16H21N3O2. The van der Waals surface area contributed by atoms with E-state index in [1.807, 2.05) is 19.1 Å². The highest BCUT2D eigenvalue weighted by atomic mass is 16.5. The minimum atomic E-state index is -0.219. The predicted octanol–water partition coefficient (Wildman–Crippen LogP) is 1.82. The number of carbonyl (C=O) groups is 1. The van der Waals surface area contributed by atoms with E-state index in [1.165, 1.54) is 0 Å². The molecule has 1 aromatic carbocycles. The third-order valence-electron chi connectivity index (χ3n) is 3.72. The molecule has 0 radical (unpaired) electrons. The van der Waals surface area contributed by atoms with Crippen molar-refractivity contribution in [3.63, 3.8) is 0 Å². The van der Waals surface area contributed by atoms with E-state index in [4.69, 9.17) is 4.74 Å². The first-order valence-corrected chi connectivity index (χ1v) is 7.29. The van der Waals surface area contributed by atoms with Gasteiger partial charge in [0.1, 0.15) is 6.07 Å². The van der Waals surface area contributed by atoms with Crippen molar-refractivity contribution in [1.29, 1.82) is 5.26 Å². The summed E-state index contributed by atoms with van der Waals surface area (Å²) in [6.45, 7) is 5.78. The van der Waals surface area contributed by atoms with Gasteiger partial charge in [0.2, 0.25) is 5.91 Å². The Labute approximate surface area is 125 Å². The summed E-state index contributed by atoms with van der Waals surface area (Å²) in [6, 6.07) is 7.64. The van der Waals surface area contributed by atoms with Gasteiger partial charge < -0.3 is 15.4 Å². The third kappa shape index (κ3) is 3.60. The molecule has 2 atom stereocenters. The molecule has 0 saturated carbocycles. The number of nitriles is 1. The van der Waals surface area contributed by atoms with Crippen LogP contribution in [0.25, 0.3) is 0 Å². The highest BCUT2D eigenvalue weighted by Gasteiger charge is 2.33. The zero-order valence-corrected chi connectivity index (χ0v) is 12.5. The van der Waals surface area contributed by atoms with E-state index in [0.29, 0.717) is 24.5 Å². The standard InChI is InChI=1S/C16H21N3O2/c1-3-7-18-15-10-21-9-13(15)16(20)19-14-6-4-5-11(2)12(14)8-17/h4-6,13,15,18H,3,7,9-10H2,1-2H3,(H,19,20). The van der Waals surface area contributed by atoms with Crippen LogP contribution in [0.5, 0.6) is 0 Å². The van der Waals surface area contributed by atoms with Gasteiger partial charge in [0.05, 0.1) is 30.4 Å². The summed E-state index contributed by atoms with van der Waals surface area (Å²) in [7, 11) is 0. The lowest BCUT2D eigenvalue weighted by Gasteiger charge is -2.19. The fourth-order valence-corrected chi connectivity index (χ4v) is 2.49. The summed E-state index contributed by atoms with van der Waals surface area (Å²) in [6.07, 6.45) is 1.02. The molecule has 2 N–H and O–H groups in total. The van der Waals surface area contributed by atoms with Gasteiger partial charge in [-0.05, 0) is 31.5 Å². The minimum absolute atomic E-state index is 0.0419. The van der Waals surface area contributed by atoms with Crippen molar-refractivity contribution < 1.29 is 9.53 Å². The van der Waals surface area contributed by atoms with Gasteiger partial charge in [-0.25, -0.2) is 0 Å². The van der Waals surface area contributed by atoms with Gasteiger partial charge >= 0.3 is 0 Å². The first kappa shape index (κ1) is 15.5. The molecule has 0 bridgehead atoms. The van der Waals surface area contributed by atoms with E-state index in [9.17, 15) is 10.1 Å². The van der Waals surface area contributed by atoms with Crippen molar-refractivity contribution in [2.45, 2.75) is 26.3 Å². The molecule has 5 nitrogen and oxygen atoms in total. The molecule has 1 amide bonds. The topological polar surface area (TPSA) is 74.2 Å². The Morgan fingerprint density at radius 3 is 3.00 bits per heavy atom. The maximum absolute atomic E-state index is 12.4. The van der Waals surface area contributed by atoms with E-state index in [1.54, 1.807) is 6.07 Å². The Kier molecular flexibility index (Phi) is 5.32. The van der Waals surface area contributed by atoms with Crippen LogP contribution in [0, 0.1) is 24.2 Å². The van der Waals surface area contributed by atoms with Crippen LogP contribution >= 0.6 is 0 Å². The quantitative estimate of drug-likeness (QED) is 0.866. The van der Waals surface area contributed by atoms with E-state index < -0.39 is 0 Å². The second-order valence-electron chi connectivity index (χ2n) is 5.30. The first-order valence-electron chi connectivity index (χ1n) is 7.29. The molecule has 1 aliphatic heterocycles. The summed E-state index contributed by atoms with van der Waals surface area (Å²) < 4.78 is 5.42. The number of nitrogens with zero attached hydrogens (tertiary/aromatic N) is 1. The monoisotopic (exact) mass is 287 g/mol. The zero-order chi connectivity index (χ0) is 15.2. The molecule has 1 heterocycles. The Balaban J connectivity index is 2.08. The molecule has 5 heteroatoms. The van der Waals surface area contributed by atoms with Gasteiger partial charge in [0.25, 0.3) is 0 Å². The molecule has 2 rings (SSSR count). The number of rotatable bonds is 5. The summed E-state index contributed by atoms with van der Waals surface area (Å²) in [4.78, 5) is 12.4. The van der Waals surface area contributed by atoms with Crippen LogP contribution in [0.3, 0.4) is 0 Å². The Morgan fingerprint density at radius 2 is 2.29 bits per heavy atom. The molecule has 1 fully saturated rings. The number of benzene rings is 1. The van der Waals surface area contributed by atoms with Crippen molar-refractivity contribution in [2.75, 3.05) is 25.1 Å². The fourth-order valence-electron chi connectivity index (χ4n) is 2.49. The maximum Gasteiger partial charge on any atom is 0.231 e. The minimum Gasteiger partial charge on any atom is -0.379 e. The Hall–Kier alpha value is -1.90. The van der Waals surface area contributed by atoms with E-state index in [2.05, 4.69) is 23.6 Å². The van der Waals surface area contributed by atoms with Crippen LogP contribution in [0.15, 0.2) is 18.2 Å². The number of nitrogens with one attached hydrogen (secondary N) is 2. The number of amides is 1. The van der Waals surface area contributed by atoms with Crippen LogP contribution in [-0.2, 0) is 9.53 Å². The molecule has 2 unspecified atom stereocenters. The van der Waals surface area contributed by atoms with Crippen molar-refractivity contribution in [3.05, 3.63) is 29.3 Å². The van der Waals surface area contributed by atoms with Crippen molar-refractivity contribution in [3.8, 4) is 6.07 Å². The van der Waals surface area contributed by atoms with Crippen molar-refractivity contribution in [2.24, 2.45) is 5.92 Å². The molecule has 21 heavy (non-hydrogen) atoms. The van der Waals surface area contributed by atoms with Crippen LogP contribution < -0.4 is 10.6 Å². The predicted molar refractivity (Wildman–Crippen MR) is 80.9 cm³/mol.